The average Bonchev–Trinajstić information content (AvgIpc) is 2.22. The summed E-state index contributed by atoms with van der Waals surface area (Å²) in [5.74, 6) is -0.172. The maximum absolute atomic E-state index is 11.6. The number of carbonyl (C=O) groups excluding carboxylic acids is 1. The predicted octanol–water partition coefficient (Wildman–Crippen LogP) is 1.65. The summed E-state index contributed by atoms with van der Waals surface area (Å²) in [7, 11) is 0. The first-order chi connectivity index (χ1) is 7.17. The van der Waals surface area contributed by atoms with Crippen molar-refractivity contribution in [3.8, 4) is 0 Å². The Labute approximate surface area is 91.0 Å². The zero-order chi connectivity index (χ0) is 11.7. The lowest BCUT2D eigenvalue weighted by molar-refractivity contribution is -0.117. The summed E-state index contributed by atoms with van der Waals surface area (Å²) in [6.07, 6.45) is 5.90. The van der Waals surface area contributed by atoms with Gasteiger partial charge in [-0.05, 0) is 6.42 Å². The molecule has 0 aromatic rings. The van der Waals surface area contributed by atoms with Crippen LogP contribution in [0.25, 0.3) is 0 Å². The highest BCUT2D eigenvalue weighted by atomic mass is 16.1. The fraction of sp³-hybridized carbons (Fsp3) is 0.250. The largest absolute Gasteiger partial charge is 0.401 e. The summed E-state index contributed by atoms with van der Waals surface area (Å²) in [5.41, 5.74) is 6.84. The van der Waals surface area contributed by atoms with Gasteiger partial charge >= 0.3 is 0 Å². The Kier molecular flexibility index (Phi) is 6.72. The highest BCUT2D eigenvalue weighted by Crippen LogP contribution is 2.09. The molecule has 0 fully saturated rings. The summed E-state index contributed by atoms with van der Waals surface area (Å²) in [5, 5.41) is 2.68. The molecule has 82 valence electrons. The lowest BCUT2D eigenvalue weighted by Gasteiger charge is -2.08. The van der Waals surface area contributed by atoms with Crippen LogP contribution in [0.1, 0.15) is 12.8 Å². The summed E-state index contributed by atoms with van der Waals surface area (Å²) < 4.78 is 0. The second-order valence-electron chi connectivity index (χ2n) is 2.99. The van der Waals surface area contributed by atoms with Gasteiger partial charge in [0.05, 0.1) is 0 Å². The van der Waals surface area contributed by atoms with E-state index in [0.29, 0.717) is 30.7 Å². The van der Waals surface area contributed by atoms with E-state index in [0.717, 1.165) is 0 Å². The summed E-state index contributed by atoms with van der Waals surface area (Å²) in [6.45, 7) is 11.1. The minimum Gasteiger partial charge on any atom is -0.401 e. The van der Waals surface area contributed by atoms with E-state index < -0.39 is 0 Å². The molecule has 0 rings (SSSR count). The van der Waals surface area contributed by atoms with Crippen LogP contribution in [0.3, 0.4) is 0 Å². The molecule has 0 spiro atoms. The van der Waals surface area contributed by atoms with Crippen LogP contribution in [0.2, 0.25) is 0 Å². The van der Waals surface area contributed by atoms with Crippen molar-refractivity contribution >= 4 is 5.91 Å². The minimum absolute atomic E-state index is 0.172. The Hall–Kier alpha value is -1.77. The van der Waals surface area contributed by atoms with Gasteiger partial charge in [-0.15, -0.1) is 19.7 Å². The van der Waals surface area contributed by atoms with Crippen molar-refractivity contribution in [3.05, 3.63) is 49.2 Å². The third-order valence-electron chi connectivity index (χ3n) is 1.78. The highest BCUT2D eigenvalue weighted by molar-refractivity contribution is 5.94. The molecule has 0 atom stereocenters. The lowest BCUT2D eigenvalue weighted by atomic mass is 10.1. The normalized spacial score (nSPS) is 11.2. The van der Waals surface area contributed by atoms with E-state index in [1.807, 2.05) is 0 Å². The Balaban J connectivity index is 4.69. The van der Waals surface area contributed by atoms with Crippen LogP contribution >= 0.6 is 0 Å². The number of rotatable bonds is 7. The number of carbonyl (C=O) groups is 1. The van der Waals surface area contributed by atoms with E-state index in [1.165, 1.54) is 0 Å². The molecule has 1 amide bonds. The maximum atomic E-state index is 11.6. The molecular weight excluding hydrogens is 188 g/mol. The maximum Gasteiger partial charge on any atom is 0.249 e. The molecule has 0 aliphatic rings. The van der Waals surface area contributed by atoms with Gasteiger partial charge in [0.2, 0.25) is 5.91 Å². The minimum atomic E-state index is -0.172. The van der Waals surface area contributed by atoms with Gasteiger partial charge in [-0.1, -0.05) is 18.2 Å². The first kappa shape index (κ1) is 13.2. The lowest BCUT2D eigenvalue weighted by Crippen LogP contribution is -2.27. The SMILES string of the molecule is C=CCNC(=O)C(CC=C)=C(N)CC=C. The fourth-order valence-electron chi connectivity index (χ4n) is 1.06. The van der Waals surface area contributed by atoms with Gasteiger partial charge in [0, 0.05) is 24.2 Å². The fourth-order valence-corrected chi connectivity index (χ4v) is 1.06. The third kappa shape index (κ3) is 4.86. The molecule has 15 heavy (non-hydrogen) atoms. The molecule has 0 aromatic heterocycles. The molecule has 0 aliphatic heterocycles. The Morgan fingerprint density at radius 3 is 2.20 bits per heavy atom. The Morgan fingerprint density at radius 1 is 1.13 bits per heavy atom. The average molecular weight is 206 g/mol. The van der Waals surface area contributed by atoms with Gasteiger partial charge in [0.15, 0.2) is 0 Å². The Bertz CT molecular complexity index is 290. The molecule has 0 aromatic carbocycles. The molecule has 3 N–H and O–H groups in total. The summed E-state index contributed by atoms with van der Waals surface area (Å²) >= 11 is 0. The van der Waals surface area contributed by atoms with Crippen molar-refractivity contribution in [2.75, 3.05) is 6.54 Å². The first-order valence-electron chi connectivity index (χ1n) is 4.75. The molecule has 0 saturated heterocycles. The number of nitrogens with one attached hydrogen (secondary N) is 1. The quantitative estimate of drug-likeness (QED) is 0.491. The van der Waals surface area contributed by atoms with E-state index in [-0.39, 0.29) is 5.91 Å². The van der Waals surface area contributed by atoms with Crippen LogP contribution in [0.4, 0.5) is 0 Å². The van der Waals surface area contributed by atoms with Crippen LogP contribution in [-0.2, 0) is 4.79 Å². The molecule has 3 nitrogen and oxygen atoms in total. The second kappa shape index (κ2) is 7.62. The van der Waals surface area contributed by atoms with Crippen molar-refractivity contribution in [3.63, 3.8) is 0 Å². The molecule has 3 heteroatoms. The molecule has 0 aliphatic carbocycles. The zero-order valence-corrected chi connectivity index (χ0v) is 8.96. The molecule has 0 bridgehead atoms. The summed E-state index contributed by atoms with van der Waals surface area (Å²) in [6, 6.07) is 0. The molecule has 0 radical (unpaired) electrons. The van der Waals surface area contributed by atoms with Crippen molar-refractivity contribution in [2.45, 2.75) is 12.8 Å². The van der Waals surface area contributed by atoms with Crippen molar-refractivity contribution in [1.29, 1.82) is 0 Å². The van der Waals surface area contributed by atoms with Gasteiger partial charge in [-0.2, -0.15) is 0 Å². The van der Waals surface area contributed by atoms with E-state index in [1.54, 1.807) is 18.2 Å². The van der Waals surface area contributed by atoms with E-state index in [9.17, 15) is 4.79 Å². The molecule has 0 heterocycles. The van der Waals surface area contributed by atoms with E-state index in [2.05, 4.69) is 25.1 Å². The van der Waals surface area contributed by atoms with E-state index in [4.69, 9.17) is 5.73 Å². The standard InChI is InChI=1S/C12H18N2O/c1-4-7-10(11(13)8-5-2)12(15)14-9-6-3/h4-6H,1-3,7-9,13H2,(H,14,15). The van der Waals surface area contributed by atoms with Gasteiger partial charge < -0.3 is 11.1 Å². The van der Waals surface area contributed by atoms with Crippen LogP contribution in [0.5, 0.6) is 0 Å². The monoisotopic (exact) mass is 206 g/mol. The van der Waals surface area contributed by atoms with Crippen LogP contribution in [0.15, 0.2) is 49.2 Å². The second-order valence-corrected chi connectivity index (χ2v) is 2.99. The van der Waals surface area contributed by atoms with Gasteiger partial charge in [0.25, 0.3) is 0 Å². The molecular formula is C12H18N2O. The molecule has 0 unspecified atom stereocenters. The number of hydrogen-bond acceptors (Lipinski definition) is 2. The van der Waals surface area contributed by atoms with Crippen molar-refractivity contribution in [2.24, 2.45) is 5.73 Å². The van der Waals surface area contributed by atoms with Crippen LogP contribution < -0.4 is 11.1 Å². The van der Waals surface area contributed by atoms with Gasteiger partial charge in [-0.3, -0.25) is 4.79 Å². The number of allylic oxidation sites excluding steroid dienone is 2. The number of hydrogen-bond donors (Lipinski definition) is 2. The van der Waals surface area contributed by atoms with Gasteiger partial charge in [-0.25, -0.2) is 0 Å². The summed E-state index contributed by atoms with van der Waals surface area (Å²) in [4.78, 5) is 11.6. The third-order valence-corrected chi connectivity index (χ3v) is 1.78. The topological polar surface area (TPSA) is 55.1 Å². The molecule has 0 saturated carbocycles. The Morgan fingerprint density at radius 2 is 1.73 bits per heavy atom. The van der Waals surface area contributed by atoms with Gasteiger partial charge in [0.1, 0.15) is 0 Å². The number of nitrogens with two attached hydrogens (primary N) is 1. The number of amides is 1. The van der Waals surface area contributed by atoms with Crippen molar-refractivity contribution in [1.82, 2.24) is 5.32 Å². The van der Waals surface area contributed by atoms with Crippen molar-refractivity contribution < 1.29 is 4.79 Å². The predicted molar refractivity (Wildman–Crippen MR) is 64.0 cm³/mol. The highest BCUT2D eigenvalue weighted by Gasteiger charge is 2.10. The van der Waals surface area contributed by atoms with Crippen LogP contribution in [-0.4, -0.2) is 12.5 Å². The van der Waals surface area contributed by atoms with E-state index >= 15 is 0 Å². The smallest absolute Gasteiger partial charge is 0.249 e. The van der Waals surface area contributed by atoms with Crippen LogP contribution in [0, 0.1) is 0 Å². The zero-order valence-electron chi connectivity index (χ0n) is 8.96. The first-order valence-corrected chi connectivity index (χ1v) is 4.75.